The Hall–Kier alpha value is -1.31. The van der Waals surface area contributed by atoms with E-state index in [9.17, 15) is 4.79 Å². The van der Waals surface area contributed by atoms with E-state index < -0.39 is 0 Å². The van der Waals surface area contributed by atoms with Crippen LogP contribution in [0.15, 0.2) is 18.2 Å². The van der Waals surface area contributed by atoms with E-state index in [1.54, 1.807) is 0 Å². The zero-order valence-electron chi connectivity index (χ0n) is 10.4. The molecule has 0 atom stereocenters. The van der Waals surface area contributed by atoms with Crippen molar-refractivity contribution in [3.8, 4) is 0 Å². The maximum absolute atomic E-state index is 11.8. The van der Waals surface area contributed by atoms with Crippen molar-refractivity contribution in [2.75, 3.05) is 7.11 Å². The third-order valence-electron chi connectivity index (χ3n) is 2.67. The molecule has 0 saturated heterocycles. The predicted molar refractivity (Wildman–Crippen MR) is 65.8 cm³/mol. The Balaban J connectivity index is 3.17. The summed E-state index contributed by atoms with van der Waals surface area (Å²) < 4.78 is 4.87. The van der Waals surface area contributed by atoms with Crippen LogP contribution in [-0.2, 0) is 17.6 Å². The van der Waals surface area contributed by atoms with Gasteiger partial charge in [0.15, 0.2) is 0 Å². The minimum Gasteiger partial charge on any atom is -0.465 e. The average molecular weight is 220 g/mol. The van der Waals surface area contributed by atoms with Crippen molar-refractivity contribution >= 4 is 5.97 Å². The molecule has 0 aliphatic heterocycles. The van der Waals surface area contributed by atoms with Crippen molar-refractivity contribution < 1.29 is 9.53 Å². The van der Waals surface area contributed by atoms with Crippen LogP contribution in [0.25, 0.3) is 0 Å². The zero-order valence-corrected chi connectivity index (χ0v) is 10.4. The Morgan fingerprint density at radius 2 is 1.62 bits per heavy atom. The summed E-state index contributed by atoms with van der Waals surface area (Å²) in [6.45, 7) is 4.24. The summed E-state index contributed by atoms with van der Waals surface area (Å²) in [4.78, 5) is 11.8. The van der Waals surface area contributed by atoms with Gasteiger partial charge >= 0.3 is 5.97 Å². The van der Waals surface area contributed by atoms with E-state index >= 15 is 0 Å². The van der Waals surface area contributed by atoms with Gasteiger partial charge in [-0.3, -0.25) is 0 Å². The van der Waals surface area contributed by atoms with Gasteiger partial charge in [0, 0.05) is 0 Å². The molecule has 0 aromatic heterocycles. The van der Waals surface area contributed by atoms with E-state index in [0.29, 0.717) is 0 Å². The number of esters is 1. The summed E-state index contributed by atoms with van der Waals surface area (Å²) >= 11 is 0. The van der Waals surface area contributed by atoms with E-state index in [2.05, 4.69) is 13.8 Å². The molecule has 16 heavy (non-hydrogen) atoms. The van der Waals surface area contributed by atoms with Crippen molar-refractivity contribution in [3.63, 3.8) is 0 Å². The smallest absolute Gasteiger partial charge is 0.338 e. The normalized spacial score (nSPS) is 10.2. The number of carbonyl (C=O) groups is 1. The lowest BCUT2D eigenvalue weighted by atomic mass is 9.95. The van der Waals surface area contributed by atoms with Gasteiger partial charge < -0.3 is 4.74 Å². The average Bonchev–Trinajstić information content (AvgIpc) is 2.29. The number of hydrogen-bond acceptors (Lipinski definition) is 2. The zero-order chi connectivity index (χ0) is 12.0. The molecule has 0 fully saturated rings. The van der Waals surface area contributed by atoms with Gasteiger partial charge in [0.2, 0.25) is 0 Å². The first kappa shape index (κ1) is 12.8. The molecule has 2 heteroatoms. The van der Waals surface area contributed by atoms with Crippen LogP contribution in [0.1, 0.15) is 48.2 Å². The van der Waals surface area contributed by atoms with Gasteiger partial charge in [-0.25, -0.2) is 4.79 Å². The fourth-order valence-electron chi connectivity index (χ4n) is 1.97. The highest BCUT2D eigenvalue weighted by Gasteiger charge is 2.15. The van der Waals surface area contributed by atoms with E-state index in [1.807, 2.05) is 18.2 Å². The maximum Gasteiger partial charge on any atom is 0.338 e. The highest BCUT2D eigenvalue weighted by atomic mass is 16.5. The van der Waals surface area contributed by atoms with E-state index in [-0.39, 0.29) is 5.97 Å². The minimum absolute atomic E-state index is 0.201. The molecule has 0 aliphatic rings. The van der Waals surface area contributed by atoms with Crippen molar-refractivity contribution in [1.29, 1.82) is 0 Å². The molecule has 0 N–H and O–H groups in total. The molecule has 0 spiro atoms. The molecule has 0 bridgehead atoms. The summed E-state index contributed by atoms with van der Waals surface area (Å²) in [7, 11) is 1.45. The van der Waals surface area contributed by atoms with Crippen molar-refractivity contribution in [2.45, 2.75) is 39.5 Å². The third kappa shape index (κ3) is 2.84. The van der Waals surface area contributed by atoms with Gasteiger partial charge in [-0.05, 0) is 24.0 Å². The molecule has 88 valence electrons. The van der Waals surface area contributed by atoms with E-state index in [0.717, 1.165) is 42.4 Å². The van der Waals surface area contributed by atoms with Gasteiger partial charge in [-0.15, -0.1) is 0 Å². The lowest BCUT2D eigenvalue weighted by Gasteiger charge is -2.12. The van der Waals surface area contributed by atoms with Crippen LogP contribution >= 0.6 is 0 Å². The first-order valence-electron chi connectivity index (χ1n) is 5.93. The first-order chi connectivity index (χ1) is 7.74. The molecule has 0 amide bonds. The molecule has 2 nitrogen and oxygen atoms in total. The SMILES string of the molecule is CCCc1cccc(CCC)c1C(=O)OC. The Kier molecular flexibility index (Phi) is 5.03. The number of rotatable bonds is 5. The fraction of sp³-hybridized carbons (Fsp3) is 0.500. The lowest BCUT2D eigenvalue weighted by Crippen LogP contribution is -2.09. The van der Waals surface area contributed by atoms with Crippen LogP contribution in [-0.4, -0.2) is 13.1 Å². The van der Waals surface area contributed by atoms with Crippen LogP contribution in [0.3, 0.4) is 0 Å². The van der Waals surface area contributed by atoms with E-state index in [1.165, 1.54) is 7.11 Å². The highest BCUT2D eigenvalue weighted by Crippen LogP contribution is 2.19. The van der Waals surface area contributed by atoms with Gasteiger partial charge in [0.1, 0.15) is 0 Å². The molecular weight excluding hydrogens is 200 g/mol. The number of aryl methyl sites for hydroxylation is 2. The third-order valence-corrected chi connectivity index (χ3v) is 2.67. The Labute approximate surface area is 97.6 Å². The molecule has 1 rings (SSSR count). The van der Waals surface area contributed by atoms with Gasteiger partial charge in [-0.1, -0.05) is 44.9 Å². The molecule has 1 aromatic rings. The number of hydrogen-bond donors (Lipinski definition) is 0. The van der Waals surface area contributed by atoms with Crippen LogP contribution in [0.5, 0.6) is 0 Å². The highest BCUT2D eigenvalue weighted by molar-refractivity contribution is 5.92. The van der Waals surface area contributed by atoms with Crippen LogP contribution in [0.4, 0.5) is 0 Å². The minimum atomic E-state index is -0.201. The maximum atomic E-state index is 11.8. The molecule has 0 unspecified atom stereocenters. The number of carbonyl (C=O) groups excluding carboxylic acids is 1. The molecule has 0 heterocycles. The monoisotopic (exact) mass is 220 g/mol. The summed E-state index contributed by atoms with van der Waals surface area (Å²) in [5, 5.41) is 0. The van der Waals surface area contributed by atoms with E-state index in [4.69, 9.17) is 4.74 Å². The van der Waals surface area contributed by atoms with Crippen LogP contribution < -0.4 is 0 Å². The van der Waals surface area contributed by atoms with Crippen LogP contribution in [0.2, 0.25) is 0 Å². The quantitative estimate of drug-likeness (QED) is 0.711. The van der Waals surface area contributed by atoms with Crippen LogP contribution in [0, 0.1) is 0 Å². The first-order valence-corrected chi connectivity index (χ1v) is 5.93. The van der Waals surface area contributed by atoms with Gasteiger partial charge in [-0.2, -0.15) is 0 Å². The largest absolute Gasteiger partial charge is 0.465 e. The fourth-order valence-corrected chi connectivity index (χ4v) is 1.97. The second-order valence-corrected chi connectivity index (χ2v) is 3.94. The molecule has 1 aromatic carbocycles. The Morgan fingerprint density at radius 1 is 1.12 bits per heavy atom. The molecule has 0 saturated carbocycles. The molecule has 0 aliphatic carbocycles. The van der Waals surface area contributed by atoms with Gasteiger partial charge in [0.25, 0.3) is 0 Å². The summed E-state index contributed by atoms with van der Waals surface area (Å²) in [6.07, 6.45) is 3.95. The molecular formula is C14H20O2. The summed E-state index contributed by atoms with van der Waals surface area (Å²) in [5.41, 5.74) is 3.01. The van der Waals surface area contributed by atoms with Gasteiger partial charge in [0.05, 0.1) is 12.7 Å². The second-order valence-electron chi connectivity index (χ2n) is 3.94. The lowest BCUT2D eigenvalue weighted by molar-refractivity contribution is 0.0598. The number of methoxy groups -OCH3 is 1. The number of ether oxygens (including phenoxy) is 1. The topological polar surface area (TPSA) is 26.3 Å². The summed E-state index contributed by atoms with van der Waals surface area (Å²) in [5.74, 6) is -0.201. The van der Waals surface area contributed by atoms with Crippen molar-refractivity contribution in [3.05, 3.63) is 34.9 Å². The summed E-state index contributed by atoms with van der Waals surface area (Å²) in [6, 6.07) is 6.08. The second kappa shape index (κ2) is 6.31. The van der Waals surface area contributed by atoms with Crippen molar-refractivity contribution in [1.82, 2.24) is 0 Å². The van der Waals surface area contributed by atoms with Crippen molar-refractivity contribution in [2.24, 2.45) is 0 Å². The number of benzene rings is 1. The Morgan fingerprint density at radius 3 is 2.00 bits per heavy atom. The Bertz CT molecular complexity index is 332. The molecule has 0 radical (unpaired) electrons. The predicted octanol–water partition coefficient (Wildman–Crippen LogP) is 3.38. The standard InChI is InChI=1S/C14H20O2/c1-4-7-11-9-6-10-12(8-5-2)13(11)14(15)16-3/h6,9-10H,4-5,7-8H2,1-3H3.